The molecule has 0 spiro atoms. The zero-order valence-electron chi connectivity index (χ0n) is 18.3. The van der Waals surface area contributed by atoms with Crippen molar-refractivity contribution in [3.8, 4) is 11.4 Å². The van der Waals surface area contributed by atoms with Crippen molar-refractivity contribution in [2.24, 2.45) is 0 Å². The van der Waals surface area contributed by atoms with Crippen LogP contribution in [0.25, 0.3) is 16.7 Å². The molecule has 1 saturated heterocycles. The van der Waals surface area contributed by atoms with E-state index in [0.717, 1.165) is 67.6 Å². The van der Waals surface area contributed by atoms with E-state index in [1.54, 1.807) is 4.90 Å². The van der Waals surface area contributed by atoms with Crippen molar-refractivity contribution in [1.82, 2.24) is 14.9 Å². The third kappa shape index (κ3) is 5.06. The number of carbonyl (C=O) groups is 1. The summed E-state index contributed by atoms with van der Waals surface area (Å²) in [4.78, 5) is 18.9. The predicted octanol–water partition coefficient (Wildman–Crippen LogP) is 1.77. The first-order chi connectivity index (χ1) is 15.2. The number of nitrogens with zero attached hydrogens (tertiary/aromatic N) is 2. The van der Waals surface area contributed by atoms with Gasteiger partial charge in [-0.25, -0.2) is 4.98 Å². The molecule has 2 N–H and O–H groups in total. The zero-order chi connectivity index (χ0) is 21.6. The van der Waals surface area contributed by atoms with E-state index in [2.05, 4.69) is 14.9 Å². The number of morpholine rings is 1. The first kappa shape index (κ1) is 21.3. The topological polar surface area (TPSA) is 69.8 Å². The van der Waals surface area contributed by atoms with Crippen LogP contribution in [0.2, 0.25) is 0 Å². The van der Waals surface area contributed by atoms with E-state index in [4.69, 9.17) is 9.47 Å². The molecule has 2 aromatic carbocycles. The number of hydrogen-bond acceptors (Lipinski definition) is 4. The van der Waals surface area contributed by atoms with E-state index < -0.39 is 0 Å². The number of ether oxygens (including phenoxy) is 2. The lowest BCUT2D eigenvalue weighted by Crippen LogP contribution is -3.14. The number of aryl methyl sites for hydroxylation is 1. The van der Waals surface area contributed by atoms with Crippen molar-refractivity contribution in [3.05, 3.63) is 53.9 Å². The number of hydrogen-bond donors (Lipinski definition) is 2. The normalized spacial score (nSPS) is 14.6. The van der Waals surface area contributed by atoms with Gasteiger partial charge in [-0.3, -0.25) is 9.36 Å². The number of fused-ring (bicyclic) bond motifs is 1. The highest BCUT2D eigenvalue weighted by molar-refractivity contribution is 5.97. The second-order valence-corrected chi connectivity index (χ2v) is 7.85. The summed E-state index contributed by atoms with van der Waals surface area (Å²) < 4.78 is 13.0. The van der Waals surface area contributed by atoms with Crippen LogP contribution in [0.3, 0.4) is 0 Å². The van der Waals surface area contributed by atoms with Crippen LogP contribution in [0, 0.1) is 6.92 Å². The van der Waals surface area contributed by atoms with Gasteiger partial charge in [0.05, 0.1) is 37.4 Å². The molecule has 2 heterocycles. The molecule has 1 fully saturated rings. The Bertz CT molecular complexity index is 1020. The van der Waals surface area contributed by atoms with Crippen molar-refractivity contribution in [2.45, 2.75) is 20.3 Å². The molecular formula is C24H31N4O3+. The van der Waals surface area contributed by atoms with Crippen LogP contribution in [-0.4, -0.2) is 61.5 Å². The van der Waals surface area contributed by atoms with Gasteiger partial charge < -0.3 is 19.7 Å². The maximum absolute atomic E-state index is 12.6. The molecule has 0 bridgehead atoms. The Balaban J connectivity index is 1.41. The highest BCUT2D eigenvalue weighted by Gasteiger charge is 2.15. The lowest BCUT2D eigenvalue weighted by Gasteiger charge is -2.23. The molecule has 1 amide bonds. The van der Waals surface area contributed by atoms with E-state index in [0.29, 0.717) is 18.7 Å². The van der Waals surface area contributed by atoms with Gasteiger partial charge in [-0.05, 0) is 56.3 Å². The molecule has 7 nitrogen and oxygen atoms in total. The molecule has 0 saturated carbocycles. The molecule has 164 valence electrons. The third-order valence-electron chi connectivity index (χ3n) is 5.68. The summed E-state index contributed by atoms with van der Waals surface area (Å²) in [6, 6.07) is 13.7. The molecule has 0 radical (unpaired) electrons. The summed E-state index contributed by atoms with van der Waals surface area (Å²) in [7, 11) is 0. The number of rotatable bonds is 8. The number of aromatic nitrogens is 2. The summed E-state index contributed by atoms with van der Waals surface area (Å²) in [6.45, 7) is 10.1. The summed E-state index contributed by atoms with van der Waals surface area (Å²) >= 11 is 0. The largest absolute Gasteiger partial charge is 0.494 e. The van der Waals surface area contributed by atoms with Crippen molar-refractivity contribution >= 4 is 16.9 Å². The van der Waals surface area contributed by atoms with Gasteiger partial charge in [0.15, 0.2) is 0 Å². The highest BCUT2D eigenvalue weighted by atomic mass is 16.5. The van der Waals surface area contributed by atoms with Crippen molar-refractivity contribution in [2.75, 3.05) is 46.0 Å². The first-order valence-electron chi connectivity index (χ1n) is 11.1. The number of quaternary nitrogens is 1. The van der Waals surface area contributed by atoms with Gasteiger partial charge in [0, 0.05) is 24.2 Å². The Morgan fingerprint density at radius 3 is 2.71 bits per heavy atom. The van der Waals surface area contributed by atoms with Gasteiger partial charge in [0.1, 0.15) is 24.7 Å². The fraction of sp³-hybridized carbons (Fsp3) is 0.417. The van der Waals surface area contributed by atoms with Crippen LogP contribution in [0.1, 0.15) is 29.5 Å². The fourth-order valence-corrected chi connectivity index (χ4v) is 4.08. The molecule has 1 aliphatic heterocycles. The summed E-state index contributed by atoms with van der Waals surface area (Å²) in [6.07, 6.45) is 0.967. The maximum atomic E-state index is 12.6. The van der Waals surface area contributed by atoms with Crippen molar-refractivity contribution in [3.63, 3.8) is 0 Å². The van der Waals surface area contributed by atoms with Gasteiger partial charge in [-0.1, -0.05) is 0 Å². The second-order valence-electron chi connectivity index (χ2n) is 7.85. The smallest absolute Gasteiger partial charge is 0.251 e. The Morgan fingerprint density at radius 1 is 1.19 bits per heavy atom. The van der Waals surface area contributed by atoms with Crippen LogP contribution >= 0.6 is 0 Å². The number of nitrogens with one attached hydrogen (secondary N) is 2. The first-order valence-corrected chi connectivity index (χ1v) is 11.1. The van der Waals surface area contributed by atoms with Crippen LogP contribution < -0.4 is 15.0 Å². The molecule has 3 aromatic rings. The minimum absolute atomic E-state index is 0.0489. The Morgan fingerprint density at radius 2 is 1.97 bits per heavy atom. The summed E-state index contributed by atoms with van der Waals surface area (Å²) in [5.74, 6) is 1.68. The van der Waals surface area contributed by atoms with Gasteiger partial charge in [-0.2, -0.15) is 0 Å². The zero-order valence-corrected chi connectivity index (χ0v) is 18.3. The lowest BCUT2D eigenvalue weighted by molar-refractivity contribution is -0.908. The number of amides is 1. The molecule has 0 atom stereocenters. The third-order valence-corrected chi connectivity index (χ3v) is 5.68. The van der Waals surface area contributed by atoms with E-state index in [-0.39, 0.29) is 5.91 Å². The molecule has 1 aromatic heterocycles. The maximum Gasteiger partial charge on any atom is 0.251 e. The van der Waals surface area contributed by atoms with Crippen molar-refractivity contribution in [1.29, 1.82) is 0 Å². The lowest BCUT2D eigenvalue weighted by atomic mass is 10.2. The van der Waals surface area contributed by atoms with Crippen LogP contribution in [0.5, 0.6) is 5.75 Å². The van der Waals surface area contributed by atoms with E-state index in [9.17, 15) is 4.79 Å². The Labute approximate surface area is 183 Å². The molecule has 31 heavy (non-hydrogen) atoms. The summed E-state index contributed by atoms with van der Waals surface area (Å²) in [5.41, 5.74) is 3.46. The van der Waals surface area contributed by atoms with E-state index in [1.165, 1.54) is 0 Å². The molecule has 0 aliphatic carbocycles. The average Bonchev–Trinajstić information content (AvgIpc) is 3.13. The van der Waals surface area contributed by atoms with Gasteiger partial charge in [-0.15, -0.1) is 0 Å². The summed E-state index contributed by atoms with van der Waals surface area (Å²) in [5, 5.41) is 3.04. The van der Waals surface area contributed by atoms with Crippen molar-refractivity contribution < 1.29 is 19.2 Å². The van der Waals surface area contributed by atoms with Crippen LogP contribution in [-0.2, 0) is 4.74 Å². The Kier molecular flexibility index (Phi) is 6.84. The number of imidazole rings is 1. The van der Waals surface area contributed by atoms with Crippen LogP contribution in [0.4, 0.5) is 0 Å². The fourth-order valence-electron chi connectivity index (χ4n) is 4.08. The number of benzene rings is 2. The SMILES string of the molecule is CCOc1ccc(-n2c(C)nc3cc(C(=O)NCCC[NH+]4CCOCC4)ccc32)cc1. The monoisotopic (exact) mass is 423 g/mol. The predicted molar refractivity (Wildman–Crippen MR) is 120 cm³/mol. The average molecular weight is 424 g/mol. The molecule has 7 heteroatoms. The minimum atomic E-state index is -0.0489. The molecular weight excluding hydrogens is 392 g/mol. The Hall–Kier alpha value is -2.90. The second kappa shape index (κ2) is 9.94. The van der Waals surface area contributed by atoms with Gasteiger partial charge >= 0.3 is 0 Å². The van der Waals surface area contributed by atoms with Gasteiger partial charge in [0.25, 0.3) is 5.91 Å². The molecule has 0 unspecified atom stereocenters. The van der Waals surface area contributed by atoms with Crippen LogP contribution in [0.15, 0.2) is 42.5 Å². The standard InChI is InChI=1S/C24H30N4O3/c1-3-31-21-8-6-20(7-9-21)28-18(2)26-22-17-19(5-10-23(22)28)24(29)25-11-4-12-27-13-15-30-16-14-27/h5-10,17H,3-4,11-16H2,1-2H3,(H,25,29)/p+1. The minimum Gasteiger partial charge on any atom is -0.494 e. The van der Waals surface area contributed by atoms with E-state index >= 15 is 0 Å². The quantitative estimate of drug-likeness (QED) is 0.542. The van der Waals surface area contributed by atoms with Gasteiger partial charge in [0.2, 0.25) is 0 Å². The highest BCUT2D eigenvalue weighted by Crippen LogP contribution is 2.24. The number of carbonyl (C=O) groups excluding carboxylic acids is 1. The molecule has 4 rings (SSSR count). The van der Waals surface area contributed by atoms with E-state index in [1.807, 2.05) is 56.3 Å². The molecule has 1 aliphatic rings.